The van der Waals surface area contributed by atoms with Crippen molar-refractivity contribution in [2.45, 2.75) is 18.4 Å². The van der Waals surface area contributed by atoms with E-state index >= 15 is 0 Å². The topological polar surface area (TPSA) is 86.3 Å². The molecule has 0 atom stereocenters. The summed E-state index contributed by atoms with van der Waals surface area (Å²) in [6, 6.07) is 4.89. The van der Waals surface area contributed by atoms with Gasteiger partial charge in [-0.25, -0.2) is 8.42 Å². The molecule has 2 heterocycles. The number of fused-ring (bicyclic) bond motifs is 1. The van der Waals surface area contributed by atoms with Crippen molar-refractivity contribution in [3.63, 3.8) is 0 Å². The van der Waals surface area contributed by atoms with Crippen LogP contribution in [0.15, 0.2) is 46.9 Å². The van der Waals surface area contributed by atoms with E-state index in [1.54, 1.807) is 44.4 Å². The fourth-order valence-corrected chi connectivity index (χ4v) is 4.47. The molecule has 136 valence electrons. The number of nitrogens with zero attached hydrogens (tertiary/aromatic N) is 4. The Morgan fingerprint density at radius 1 is 1.42 bits per heavy atom. The Morgan fingerprint density at radius 3 is 2.73 bits per heavy atom. The summed E-state index contributed by atoms with van der Waals surface area (Å²) in [6.45, 7) is 6.00. The Bertz CT molecular complexity index is 1180. The van der Waals surface area contributed by atoms with Gasteiger partial charge in [0.1, 0.15) is 5.69 Å². The van der Waals surface area contributed by atoms with E-state index in [1.165, 1.54) is 22.3 Å². The van der Waals surface area contributed by atoms with E-state index in [4.69, 9.17) is 0 Å². The number of sulfone groups is 1. The van der Waals surface area contributed by atoms with Crippen molar-refractivity contribution in [1.29, 1.82) is 0 Å². The summed E-state index contributed by atoms with van der Waals surface area (Å²) in [5.74, 6) is -0.393. The molecule has 2 aromatic heterocycles. The molecule has 0 aliphatic heterocycles. The molecule has 9 heteroatoms. The quantitative estimate of drug-likeness (QED) is 0.638. The lowest BCUT2D eigenvalue weighted by Crippen LogP contribution is -2.17. The SMILES string of the molecule is C=CCn1c(=NC(=O)c2c(C)cnn2C)sc2cc(S(C)(=O)=O)ccc21. The van der Waals surface area contributed by atoms with Gasteiger partial charge in [0.05, 0.1) is 21.3 Å². The largest absolute Gasteiger partial charge is 0.312 e. The molecule has 0 spiro atoms. The van der Waals surface area contributed by atoms with Crippen LogP contribution in [0.1, 0.15) is 16.1 Å². The van der Waals surface area contributed by atoms with Crippen LogP contribution in [-0.4, -0.2) is 34.9 Å². The van der Waals surface area contributed by atoms with Crippen LogP contribution in [0.5, 0.6) is 0 Å². The number of rotatable bonds is 4. The number of hydrogen-bond donors (Lipinski definition) is 0. The first kappa shape index (κ1) is 18.3. The number of thiazole rings is 1. The standard InChI is InChI=1S/C17H18N4O3S2/c1-5-8-21-13-7-6-12(26(4,23)24)9-14(13)25-17(21)19-16(22)15-11(2)10-18-20(15)3/h5-7,9-10H,1,8H2,2-4H3. The average Bonchev–Trinajstić information content (AvgIpc) is 3.06. The molecule has 1 amide bonds. The molecule has 1 aromatic carbocycles. The van der Waals surface area contributed by atoms with Gasteiger partial charge in [0.25, 0.3) is 5.91 Å². The molecule has 0 fully saturated rings. The molecule has 0 aliphatic carbocycles. The number of carbonyl (C=O) groups excluding carboxylic acids is 1. The normalized spacial score (nSPS) is 12.7. The minimum absolute atomic E-state index is 0.234. The van der Waals surface area contributed by atoms with Crippen LogP contribution in [0.25, 0.3) is 10.2 Å². The van der Waals surface area contributed by atoms with E-state index in [-0.39, 0.29) is 4.90 Å². The van der Waals surface area contributed by atoms with Crippen LogP contribution in [-0.2, 0) is 23.4 Å². The molecule has 0 bridgehead atoms. The smallest absolute Gasteiger partial charge is 0.298 e. The summed E-state index contributed by atoms with van der Waals surface area (Å²) < 4.78 is 27.7. The van der Waals surface area contributed by atoms with Crippen molar-refractivity contribution in [1.82, 2.24) is 14.3 Å². The number of amides is 1. The van der Waals surface area contributed by atoms with Crippen LogP contribution >= 0.6 is 11.3 Å². The highest BCUT2D eigenvalue weighted by molar-refractivity contribution is 7.90. The van der Waals surface area contributed by atoms with Gasteiger partial charge in [-0.1, -0.05) is 17.4 Å². The predicted octanol–water partition coefficient (Wildman–Crippen LogP) is 2.08. The first-order chi connectivity index (χ1) is 12.2. The van der Waals surface area contributed by atoms with Crippen molar-refractivity contribution < 1.29 is 13.2 Å². The number of carbonyl (C=O) groups is 1. The number of aryl methyl sites for hydroxylation is 2. The summed E-state index contributed by atoms with van der Waals surface area (Å²) in [5, 5.41) is 4.07. The highest BCUT2D eigenvalue weighted by Crippen LogP contribution is 2.22. The van der Waals surface area contributed by atoms with E-state index in [1.807, 2.05) is 4.57 Å². The zero-order valence-corrected chi connectivity index (χ0v) is 16.3. The molecular weight excluding hydrogens is 372 g/mol. The first-order valence-corrected chi connectivity index (χ1v) is 10.4. The van der Waals surface area contributed by atoms with Crippen molar-refractivity contribution in [2.24, 2.45) is 12.0 Å². The molecule has 3 rings (SSSR count). The maximum atomic E-state index is 12.6. The number of benzene rings is 1. The molecule has 0 saturated heterocycles. The van der Waals surface area contributed by atoms with Crippen LogP contribution in [0, 0.1) is 6.92 Å². The lowest BCUT2D eigenvalue weighted by atomic mass is 10.3. The second-order valence-electron chi connectivity index (χ2n) is 5.90. The van der Waals surface area contributed by atoms with Gasteiger partial charge in [-0.3, -0.25) is 9.48 Å². The molecule has 0 unspecified atom stereocenters. The molecule has 7 nitrogen and oxygen atoms in total. The lowest BCUT2D eigenvalue weighted by Gasteiger charge is -2.02. The Labute approximate surface area is 154 Å². The fraction of sp³-hybridized carbons (Fsp3) is 0.235. The van der Waals surface area contributed by atoms with Gasteiger partial charge >= 0.3 is 0 Å². The van der Waals surface area contributed by atoms with E-state index < -0.39 is 15.7 Å². The van der Waals surface area contributed by atoms with Crippen LogP contribution < -0.4 is 4.80 Å². The van der Waals surface area contributed by atoms with Gasteiger partial charge in [0.15, 0.2) is 14.6 Å². The summed E-state index contributed by atoms with van der Waals surface area (Å²) in [6.07, 6.45) is 4.48. The Hall–Kier alpha value is -2.52. The second-order valence-corrected chi connectivity index (χ2v) is 8.93. The average molecular weight is 390 g/mol. The van der Waals surface area contributed by atoms with E-state index in [0.717, 1.165) is 15.8 Å². The van der Waals surface area contributed by atoms with Crippen molar-refractivity contribution in [3.05, 3.63) is 53.1 Å². The Morgan fingerprint density at radius 2 is 2.15 bits per heavy atom. The molecule has 0 radical (unpaired) electrons. The lowest BCUT2D eigenvalue weighted by molar-refractivity contribution is 0.0988. The van der Waals surface area contributed by atoms with Gasteiger partial charge in [-0.15, -0.1) is 6.58 Å². The minimum Gasteiger partial charge on any atom is -0.312 e. The molecule has 0 aliphatic rings. The van der Waals surface area contributed by atoms with Gasteiger partial charge < -0.3 is 4.57 Å². The summed E-state index contributed by atoms with van der Waals surface area (Å²) in [4.78, 5) is 17.6. The number of allylic oxidation sites excluding steroid dienone is 1. The van der Waals surface area contributed by atoms with Crippen molar-refractivity contribution in [3.8, 4) is 0 Å². The third-order valence-electron chi connectivity index (χ3n) is 3.92. The monoisotopic (exact) mass is 390 g/mol. The van der Waals surface area contributed by atoms with E-state index in [2.05, 4.69) is 16.7 Å². The predicted molar refractivity (Wildman–Crippen MR) is 101 cm³/mol. The van der Waals surface area contributed by atoms with Gasteiger partial charge in [0, 0.05) is 25.4 Å². The molecule has 3 aromatic rings. The molecule has 26 heavy (non-hydrogen) atoms. The van der Waals surface area contributed by atoms with Gasteiger partial charge in [-0.05, 0) is 25.1 Å². The second kappa shape index (κ2) is 6.65. The summed E-state index contributed by atoms with van der Waals surface area (Å²) in [5.41, 5.74) is 1.97. The number of aromatic nitrogens is 3. The molecular formula is C17H18N4O3S2. The first-order valence-electron chi connectivity index (χ1n) is 7.74. The highest BCUT2D eigenvalue weighted by atomic mass is 32.2. The maximum Gasteiger partial charge on any atom is 0.298 e. The fourth-order valence-electron chi connectivity index (χ4n) is 2.67. The number of hydrogen-bond acceptors (Lipinski definition) is 5. The van der Waals surface area contributed by atoms with E-state index in [0.29, 0.717) is 17.0 Å². The molecule has 0 saturated carbocycles. The Balaban J connectivity index is 2.23. The third kappa shape index (κ3) is 3.27. The van der Waals surface area contributed by atoms with Crippen molar-refractivity contribution >= 4 is 37.3 Å². The molecule has 0 N–H and O–H groups in total. The zero-order valence-electron chi connectivity index (χ0n) is 14.6. The van der Waals surface area contributed by atoms with Crippen molar-refractivity contribution in [2.75, 3.05) is 6.26 Å². The van der Waals surface area contributed by atoms with Crippen LogP contribution in [0.4, 0.5) is 0 Å². The van der Waals surface area contributed by atoms with Crippen LogP contribution in [0.2, 0.25) is 0 Å². The minimum atomic E-state index is -3.31. The zero-order chi connectivity index (χ0) is 19.1. The maximum absolute atomic E-state index is 12.6. The summed E-state index contributed by atoms with van der Waals surface area (Å²) >= 11 is 1.27. The van der Waals surface area contributed by atoms with Gasteiger partial charge in [-0.2, -0.15) is 10.1 Å². The van der Waals surface area contributed by atoms with Gasteiger partial charge in [0.2, 0.25) is 0 Å². The third-order valence-corrected chi connectivity index (χ3v) is 6.07. The van der Waals surface area contributed by atoms with Crippen LogP contribution in [0.3, 0.4) is 0 Å². The highest BCUT2D eigenvalue weighted by Gasteiger charge is 2.16. The van der Waals surface area contributed by atoms with E-state index in [9.17, 15) is 13.2 Å². The Kier molecular flexibility index (Phi) is 4.68. The summed E-state index contributed by atoms with van der Waals surface area (Å²) in [7, 11) is -1.62.